The van der Waals surface area contributed by atoms with Crippen LogP contribution in [0.1, 0.15) is 0 Å². The lowest BCUT2D eigenvalue weighted by Crippen LogP contribution is -1.83. The van der Waals surface area contributed by atoms with Gasteiger partial charge >= 0.3 is 0 Å². The molecule has 0 aliphatic rings. The fraction of sp³-hybridized carbons (Fsp3) is 0. The van der Waals surface area contributed by atoms with E-state index in [9.17, 15) is 0 Å². The van der Waals surface area contributed by atoms with Crippen molar-refractivity contribution in [1.82, 2.24) is 4.98 Å². The van der Waals surface area contributed by atoms with Crippen LogP contribution in [0.2, 0.25) is 0 Å². The Kier molecular flexibility index (Phi) is 2.90. The number of aromatic nitrogens is 1. The Bertz CT molecular complexity index is 447. The smallest absolute Gasteiger partial charge is 0.180 e. The van der Waals surface area contributed by atoms with Gasteiger partial charge in [0.1, 0.15) is 0 Å². The van der Waals surface area contributed by atoms with Crippen molar-refractivity contribution in [2.75, 3.05) is 5.73 Å². The Balaban J connectivity index is 2.51. The molecule has 1 heterocycles. The van der Waals surface area contributed by atoms with Gasteiger partial charge in [0.2, 0.25) is 0 Å². The Morgan fingerprint density at radius 2 is 1.79 bits per heavy atom. The van der Waals surface area contributed by atoms with Gasteiger partial charge in [-0.05, 0) is 18.2 Å². The molecule has 0 fully saturated rings. The standard InChI is InChI=1S/C9H6Br2N2S/c10-6-1-5(2-7(11)3-6)8-4-14-9(12)13-8/h1-4H,(H2,12,13). The molecule has 0 unspecified atom stereocenters. The van der Waals surface area contributed by atoms with E-state index >= 15 is 0 Å². The number of hydrogen-bond donors (Lipinski definition) is 1. The molecule has 0 bridgehead atoms. The zero-order valence-electron chi connectivity index (χ0n) is 7.00. The Labute approximate surface area is 102 Å². The SMILES string of the molecule is Nc1nc(-c2cc(Br)cc(Br)c2)cs1. The van der Waals surface area contributed by atoms with Crippen molar-refractivity contribution in [1.29, 1.82) is 0 Å². The summed E-state index contributed by atoms with van der Waals surface area (Å²) in [5.74, 6) is 0. The second-order valence-corrected chi connectivity index (χ2v) is 5.45. The molecular formula is C9H6Br2N2S. The average molecular weight is 334 g/mol. The molecule has 0 saturated heterocycles. The predicted molar refractivity (Wildman–Crippen MR) is 67.4 cm³/mol. The molecule has 14 heavy (non-hydrogen) atoms. The maximum Gasteiger partial charge on any atom is 0.180 e. The van der Waals surface area contributed by atoms with E-state index in [-0.39, 0.29) is 0 Å². The Morgan fingerprint density at radius 1 is 1.14 bits per heavy atom. The van der Waals surface area contributed by atoms with Crippen LogP contribution in [0, 0.1) is 0 Å². The molecule has 0 radical (unpaired) electrons. The van der Waals surface area contributed by atoms with Gasteiger partial charge in [-0.15, -0.1) is 11.3 Å². The van der Waals surface area contributed by atoms with E-state index in [1.165, 1.54) is 11.3 Å². The molecule has 0 saturated carbocycles. The molecule has 0 aliphatic carbocycles. The molecule has 0 atom stereocenters. The second kappa shape index (κ2) is 4.00. The number of rotatable bonds is 1. The summed E-state index contributed by atoms with van der Waals surface area (Å²) >= 11 is 8.31. The van der Waals surface area contributed by atoms with Crippen LogP contribution in [0.15, 0.2) is 32.5 Å². The van der Waals surface area contributed by atoms with E-state index in [0.717, 1.165) is 20.2 Å². The normalized spacial score (nSPS) is 10.4. The molecule has 5 heteroatoms. The molecule has 2 rings (SSSR count). The van der Waals surface area contributed by atoms with Crippen molar-refractivity contribution < 1.29 is 0 Å². The Morgan fingerprint density at radius 3 is 2.29 bits per heavy atom. The van der Waals surface area contributed by atoms with Crippen molar-refractivity contribution in [3.8, 4) is 11.3 Å². The van der Waals surface area contributed by atoms with Crippen molar-refractivity contribution in [3.63, 3.8) is 0 Å². The summed E-state index contributed by atoms with van der Waals surface area (Å²) in [4.78, 5) is 4.22. The molecule has 2 aromatic rings. The van der Waals surface area contributed by atoms with E-state index in [2.05, 4.69) is 36.8 Å². The zero-order valence-corrected chi connectivity index (χ0v) is 11.0. The van der Waals surface area contributed by atoms with Gasteiger partial charge in [-0.25, -0.2) is 4.98 Å². The summed E-state index contributed by atoms with van der Waals surface area (Å²) in [7, 11) is 0. The van der Waals surface area contributed by atoms with Gasteiger partial charge in [0.05, 0.1) is 5.69 Å². The fourth-order valence-electron chi connectivity index (χ4n) is 1.12. The lowest BCUT2D eigenvalue weighted by atomic mass is 10.2. The number of nitrogens with zero attached hydrogens (tertiary/aromatic N) is 1. The van der Waals surface area contributed by atoms with Crippen molar-refractivity contribution in [2.24, 2.45) is 0 Å². The molecule has 0 amide bonds. The van der Waals surface area contributed by atoms with Crippen LogP contribution < -0.4 is 5.73 Å². The van der Waals surface area contributed by atoms with Crippen LogP contribution in [0.25, 0.3) is 11.3 Å². The quantitative estimate of drug-likeness (QED) is 0.859. The lowest BCUT2D eigenvalue weighted by molar-refractivity contribution is 1.40. The van der Waals surface area contributed by atoms with Crippen LogP contribution in [0.3, 0.4) is 0 Å². The third-order valence-corrected chi connectivity index (χ3v) is 3.27. The third kappa shape index (κ3) is 2.16. The first kappa shape index (κ1) is 10.1. The largest absolute Gasteiger partial charge is 0.375 e. The van der Waals surface area contributed by atoms with E-state index < -0.39 is 0 Å². The highest BCUT2D eigenvalue weighted by atomic mass is 79.9. The summed E-state index contributed by atoms with van der Waals surface area (Å²) < 4.78 is 2.04. The highest BCUT2D eigenvalue weighted by Gasteiger charge is 2.04. The van der Waals surface area contributed by atoms with Gasteiger partial charge in [-0.3, -0.25) is 0 Å². The molecule has 2 nitrogen and oxygen atoms in total. The first-order valence-electron chi connectivity index (χ1n) is 3.82. The molecule has 72 valence electrons. The highest BCUT2D eigenvalue weighted by Crippen LogP contribution is 2.28. The highest BCUT2D eigenvalue weighted by molar-refractivity contribution is 9.11. The lowest BCUT2D eigenvalue weighted by Gasteiger charge is -1.99. The van der Waals surface area contributed by atoms with Crippen LogP contribution in [0.4, 0.5) is 5.13 Å². The number of nitrogens with two attached hydrogens (primary N) is 1. The molecule has 2 N–H and O–H groups in total. The summed E-state index contributed by atoms with van der Waals surface area (Å²) in [5, 5.41) is 2.54. The fourth-order valence-corrected chi connectivity index (χ4v) is 2.99. The molecule has 1 aromatic carbocycles. The molecule has 0 spiro atoms. The third-order valence-electron chi connectivity index (χ3n) is 1.68. The predicted octanol–water partition coefficient (Wildman–Crippen LogP) is 3.92. The minimum Gasteiger partial charge on any atom is -0.375 e. The second-order valence-electron chi connectivity index (χ2n) is 2.73. The zero-order chi connectivity index (χ0) is 10.1. The van der Waals surface area contributed by atoms with Crippen molar-refractivity contribution in [3.05, 3.63) is 32.5 Å². The van der Waals surface area contributed by atoms with Crippen LogP contribution in [-0.4, -0.2) is 4.98 Å². The first-order valence-corrected chi connectivity index (χ1v) is 6.29. The van der Waals surface area contributed by atoms with Crippen LogP contribution in [0.5, 0.6) is 0 Å². The summed E-state index contributed by atoms with van der Waals surface area (Å²) in [6, 6.07) is 6.01. The summed E-state index contributed by atoms with van der Waals surface area (Å²) in [6.07, 6.45) is 0. The summed E-state index contributed by atoms with van der Waals surface area (Å²) in [6.45, 7) is 0. The van der Waals surface area contributed by atoms with Gasteiger partial charge < -0.3 is 5.73 Å². The van der Waals surface area contributed by atoms with Crippen molar-refractivity contribution >= 4 is 48.3 Å². The minimum absolute atomic E-state index is 0.594. The van der Waals surface area contributed by atoms with Gasteiger partial charge in [-0.1, -0.05) is 31.9 Å². The van der Waals surface area contributed by atoms with E-state index in [0.29, 0.717) is 5.13 Å². The van der Waals surface area contributed by atoms with E-state index in [1.54, 1.807) is 0 Å². The molecule has 0 aliphatic heterocycles. The topological polar surface area (TPSA) is 38.9 Å². The van der Waals surface area contributed by atoms with Crippen LogP contribution >= 0.6 is 43.2 Å². The number of hydrogen-bond acceptors (Lipinski definition) is 3. The van der Waals surface area contributed by atoms with Gasteiger partial charge in [0.25, 0.3) is 0 Å². The number of benzene rings is 1. The van der Waals surface area contributed by atoms with Gasteiger partial charge in [-0.2, -0.15) is 0 Å². The molecule has 1 aromatic heterocycles. The monoisotopic (exact) mass is 332 g/mol. The number of halogens is 2. The average Bonchev–Trinajstić information content (AvgIpc) is 2.50. The number of anilines is 1. The van der Waals surface area contributed by atoms with Crippen molar-refractivity contribution in [2.45, 2.75) is 0 Å². The minimum atomic E-state index is 0.594. The Hall–Kier alpha value is -0.390. The van der Waals surface area contributed by atoms with Gasteiger partial charge in [0.15, 0.2) is 5.13 Å². The van der Waals surface area contributed by atoms with Crippen LogP contribution in [-0.2, 0) is 0 Å². The van der Waals surface area contributed by atoms with E-state index in [1.807, 2.05) is 23.6 Å². The number of thiazole rings is 1. The van der Waals surface area contributed by atoms with E-state index in [4.69, 9.17) is 5.73 Å². The summed E-state index contributed by atoms with van der Waals surface area (Å²) in [5.41, 5.74) is 7.54. The van der Waals surface area contributed by atoms with Gasteiger partial charge in [0, 0.05) is 19.9 Å². The maximum absolute atomic E-state index is 5.58. The first-order chi connectivity index (χ1) is 6.65. The maximum atomic E-state index is 5.58. The molecular weight excluding hydrogens is 328 g/mol. The number of nitrogen functional groups attached to an aromatic ring is 1.